The second kappa shape index (κ2) is 10.7. The third-order valence-corrected chi connectivity index (χ3v) is 10.7. The molecule has 1 aromatic rings. The molecule has 0 unspecified atom stereocenters. The van der Waals surface area contributed by atoms with Crippen molar-refractivity contribution in [2.45, 2.75) is 97.1 Å². The van der Waals surface area contributed by atoms with Crippen molar-refractivity contribution in [1.82, 2.24) is 15.1 Å². The van der Waals surface area contributed by atoms with Gasteiger partial charge in [0.1, 0.15) is 11.6 Å². The summed E-state index contributed by atoms with van der Waals surface area (Å²) in [6.07, 6.45) is 9.55. The Labute approximate surface area is 224 Å². The highest BCUT2D eigenvalue weighted by atomic mass is 16.2. The van der Waals surface area contributed by atoms with Gasteiger partial charge in [-0.05, 0) is 99.0 Å². The van der Waals surface area contributed by atoms with Crippen LogP contribution in [-0.4, -0.2) is 59.4 Å². The lowest BCUT2D eigenvalue weighted by Crippen LogP contribution is -2.74. The molecular formula is C32H49N3O2. The molecule has 37 heavy (non-hydrogen) atoms. The number of piperidine rings is 1. The molecule has 1 aromatic carbocycles. The van der Waals surface area contributed by atoms with E-state index in [4.69, 9.17) is 0 Å². The minimum absolute atomic E-state index is 0.114. The van der Waals surface area contributed by atoms with Crippen LogP contribution in [0.15, 0.2) is 30.3 Å². The monoisotopic (exact) mass is 507 g/mol. The van der Waals surface area contributed by atoms with Gasteiger partial charge in [-0.2, -0.15) is 0 Å². The Hall–Kier alpha value is -1.88. The summed E-state index contributed by atoms with van der Waals surface area (Å²) in [5, 5.41) is 3.20. The summed E-state index contributed by atoms with van der Waals surface area (Å²) in [7, 11) is 0. The minimum Gasteiger partial charge on any atom is -0.342 e. The summed E-state index contributed by atoms with van der Waals surface area (Å²) < 4.78 is 0. The van der Waals surface area contributed by atoms with Gasteiger partial charge in [-0.1, -0.05) is 58.0 Å². The Morgan fingerprint density at radius 1 is 1.03 bits per heavy atom. The van der Waals surface area contributed by atoms with Gasteiger partial charge >= 0.3 is 0 Å². The van der Waals surface area contributed by atoms with Crippen molar-refractivity contribution in [3.05, 3.63) is 35.9 Å². The van der Waals surface area contributed by atoms with E-state index in [0.29, 0.717) is 23.2 Å². The van der Waals surface area contributed by atoms with Crippen LogP contribution < -0.4 is 5.32 Å². The van der Waals surface area contributed by atoms with Gasteiger partial charge in [0.15, 0.2) is 0 Å². The number of unbranched alkanes of at least 4 members (excludes halogenated alkanes) is 1. The lowest BCUT2D eigenvalue weighted by atomic mass is 9.45. The number of likely N-dealkylation sites (tertiary alicyclic amines) is 1. The van der Waals surface area contributed by atoms with Crippen molar-refractivity contribution in [3.8, 4) is 0 Å². The van der Waals surface area contributed by atoms with Crippen molar-refractivity contribution in [2.75, 3.05) is 26.2 Å². The number of carbonyl (C=O) groups is 2. The van der Waals surface area contributed by atoms with E-state index in [2.05, 4.69) is 73.1 Å². The van der Waals surface area contributed by atoms with Crippen LogP contribution >= 0.6 is 0 Å². The maximum Gasteiger partial charge on any atom is 0.246 e. The number of nitrogens with zero attached hydrogens (tertiary/aromatic N) is 2. The molecule has 0 aromatic heterocycles. The molecule has 204 valence electrons. The highest BCUT2D eigenvalue weighted by Gasteiger charge is 2.58. The fourth-order valence-corrected chi connectivity index (χ4v) is 8.14. The maximum atomic E-state index is 14.0. The smallest absolute Gasteiger partial charge is 0.246 e. The van der Waals surface area contributed by atoms with Crippen molar-refractivity contribution in [3.63, 3.8) is 0 Å². The van der Waals surface area contributed by atoms with Gasteiger partial charge in [-0.3, -0.25) is 9.59 Å². The summed E-state index contributed by atoms with van der Waals surface area (Å²) in [4.78, 5) is 32.4. The third kappa shape index (κ3) is 5.22. The molecule has 2 heterocycles. The van der Waals surface area contributed by atoms with Gasteiger partial charge < -0.3 is 15.1 Å². The number of hydrogen-bond acceptors (Lipinski definition) is 3. The molecule has 4 atom stereocenters. The summed E-state index contributed by atoms with van der Waals surface area (Å²) in [5.74, 6) is 2.74. The SMILES string of the molecule is CC(C)C[C@@H]1NC(=O)C2(CCN(CCCCc3ccccc3)CC2)N(C[C@H]2CC[C@H]3C[C@@H]2C3(C)C)C1=O. The molecule has 2 aliphatic heterocycles. The predicted molar refractivity (Wildman–Crippen MR) is 149 cm³/mol. The maximum absolute atomic E-state index is 14.0. The van der Waals surface area contributed by atoms with E-state index in [1.54, 1.807) is 0 Å². The molecule has 3 aliphatic carbocycles. The second-order valence-electron chi connectivity index (χ2n) is 13.6. The zero-order valence-electron chi connectivity index (χ0n) is 23.7. The van der Waals surface area contributed by atoms with Crippen LogP contribution in [0.3, 0.4) is 0 Å². The molecule has 5 aliphatic rings. The van der Waals surface area contributed by atoms with Crippen molar-refractivity contribution < 1.29 is 9.59 Å². The first-order valence-electron chi connectivity index (χ1n) is 15.1. The third-order valence-electron chi connectivity index (χ3n) is 10.7. The molecular weight excluding hydrogens is 458 g/mol. The average molecular weight is 508 g/mol. The van der Waals surface area contributed by atoms with E-state index in [0.717, 1.165) is 57.8 Å². The first kappa shape index (κ1) is 26.7. The average Bonchev–Trinajstić information content (AvgIpc) is 2.89. The fourth-order valence-electron chi connectivity index (χ4n) is 8.14. The topological polar surface area (TPSA) is 52.7 Å². The van der Waals surface area contributed by atoms with Crippen LogP contribution in [0.4, 0.5) is 0 Å². The van der Waals surface area contributed by atoms with Crippen molar-refractivity contribution >= 4 is 11.8 Å². The van der Waals surface area contributed by atoms with Gasteiger partial charge in [0.2, 0.25) is 11.8 Å². The Morgan fingerprint density at radius 3 is 2.41 bits per heavy atom. The van der Waals surface area contributed by atoms with Crippen molar-refractivity contribution in [1.29, 1.82) is 0 Å². The van der Waals surface area contributed by atoms with Crippen molar-refractivity contribution in [2.24, 2.45) is 29.1 Å². The number of fused-ring (bicyclic) bond motifs is 2. The van der Waals surface area contributed by atoms with E-state index < -0.39 is 5.54 Å². The lowest BCUT2D eigenvalue weighted by molar-refractivity contribution is -0.168. The molecule has 5 fully saturated rings. The summed E-state index contributed by atoms with van der Waals surface area (Å²) >= 11 is 0. The van der Waals surface area contributed by atoms with Crippen LogP contribution in [0.25, 0.3) is 0 Å². The number of hydrogen-bond donors (Lipinski definition) is 1. The van der Waals surface area contributed by atoms with Gasteiger partial charge in [0.25, 0.3) is 0 Å². The molecule has 6 rings (SSSR count). The first-order chi connectivity index (χ1) is 17.7. The quantitative estimate of drug-likeness (QED) is 0.462. The molecule has 5 heteroatoms. The van der Waals surface area contributed by atoms with Crippen LogP contribution in [0.5, 0.6) is 0 Å². The van der Waals surface area contributed by atoms with E-state index in [1.165, 1.54) is 37.7 Å². The van der Waals surface area contributed by atoms with E-state index >= 15 is 0 Å². The standard InChI is InChI=1S/C32H49N3O2/c1-23(2)20-28-29(36)35(22-25-13-14-26-21-27(25)31(26,3)4)32(30(37)33-28)15-18-34(19-16-32)17-9-8-12-24-10-6-5-7-11-24/h5-7,10-11,23,25-28H,8-9,12-22H2,1-4H3,(H,33,37)/t25-,26+,27+,28+/m1/s1. The fraction of sp³-hybridized carbons (Fsp3) is 0.750. The van der Waals surface area contributed by atoms with Crippen LogP contribution in [0, 0.1) is 29.1 Å². The second-order valence-corrected chi connectivity index (χ2v) is 13.6. The summed E-state index contributed by atoms with van der Waals surface area (Å²) in [6, 6.07) is 10.4. The van der Waals surface area contributed by atoms with E-state index in [9.17, 15) is 9.59 Å². The van der Waals surface area contributed by atoms with Gasteiger partial charge in [-0.15, -0.1) is 0 Å². The molecule has 1 spiro atoms. The molecule has 3 saturated carbocycles. The normalized spacial score (nSPS) is 30.9. The van der Waals surface area contributed by atoms with Crippen LogP contribution in [-0.2, 0) is 16.0 Å². The van der Waals surface area contributed by atoms with Gasteiger partial charge in [-0.25, -0.2) is 0 Å². The number of rotatable bonds is 9. The Bertz CT molecular complexity index is 948. The Morgan fingerprint density at radius 2 is 1.76 bits per heavy atom. The number of aryl methyl sites for hydroxylation is 1. The number of nitrogens with one attached hydrogen (secondary N) is 1. The number of piperazine rings is 1. The highest BCUT2D eigenvalue weighted by Crippen LogP contribution is 2.61. The van der Waals surface area contributed by atoms with Crippen LogP contribution in [0.2, 0.25) is 0 Å². The highest BCUT2D eigenvalue weighted by molar-refractivity contribution is 6.00. The predicted octanol–water partition coefficient (Wildman–Crippen LogP) is 5.29. The lowest BCUT2D eigenvalue weighted by Gasteiger charge is -2.62. The van der Waals surface area contributed by atoms with Gasteiger partial charge in [0.05, 0.1) is 0 Å². The summed E-state index contributed by atoms with van der Waals surface area (Å²) in [6.45, 7) is 12.8. The minimum atomic E-state index is -0.657. The molecule has 0 radical (unpaired) electrons. The first-order valence-corrected chi connectivity index (χ1v) is 15.1. The molecule has 5 nitrogen and oxygen atoms in total. The molecule has 1 N–H and O–H groups in total. The van der Waals surface area contributed by atoms with Crippen LogP contribution in [0.1, 0.15) is 84.6 Å². The Balaban J connectivity index is 1.24. The largest absolute Gasteiger partial charge is 0.342 e. The van der Waals surface area contributed by atoms with E-state index in [1.807, 2.05) is 0 Å². The molecule has 2 bridgehead atoms. The molecule has 2 amide bonds. The Kier molecular flexibility index (Phi) is 7.73. The number of carbonyl (C=O) groups excluding carboxylic acids is 2. The summed E-state index contributed by atoms with van der Waals surface area (Å²) in [5.41, 5.74) is 1.14. The number of benzene rings is 1. The van der Waals surface area contributed by atoms with E-state index in [-0.39, 0.29) is 17.9 Å². The number of amides is 2. The zero-order valence-corrected chi connectivity index (χ0v) is 23.7. The zero-order chi connectivity index (χ0) is 26.2. The van der Waals surface area contributed by atoms with Gasteiger partial charge in [0, 0.05) is 19.6 Å². The molecule has 2 saturated heterocycles.